The summed E-state index contributed by atoms with van der Waals surface area (Å²) in [4.78, 5) is 3.61. The molecule has 1 aromatic carbocycles. The molecule has 0 amide bonds. The van der Waals surface area contributed by atoms with E-state index in [9.17, 15) is 21.6 Å². The maximum atomic E-state index is 12.7. The first-order valence-electron chi connectivity index (χ1n) is 9.16. The van der Waals surface area contributed by atoms with Crippen LogP contribution in [0.15, 0.2) is 58.1 Å². The quantitative estimate of drug-likeness (QED) is 0.444. The Hall–Kier alpha value is -3.78. The number of hydrogen-bond acceptors (Lipinski definition) is 8. The molecule has 0 saturated carbocycles. The number of aromatic nitrogens is 5. The molecule has 0 spiro atoms. The van der Waals surface area contributed by atoms with Gasteiger partial charge in [0.1, 0.15) is 6.61 Å². The van der Waals surface area contributed by atoms with E-state index in [0.29, 0.717) is 23.0 Å². The van der Waals surface area contributed by atoms with E-state index in [1.54, 1.807) is 7.05 Å². The highest BCUT2D eigenvalue weighted by atomic mass is 32.2. The summed E-state index contributed by atoms with van der Waals surface area (Å²) in [5.74, 6) is 0.245. The number of alkyl halides is 3. The van der Waals surface area contributed by atoms with Gasteiger partial charge in [0.25, 0.3) is 5.89 Å². The second-order valence-electron chi connectivity index (χ2n) is 6.78. The number of primary sulfonamides is 1. The smallest absolute Gasteiger partial charge is 0.417 e. The minimum atomic E-state index is -4.49. The number of hydrogen-bond donors (Lipinski definition) is 1. The molecule has 10 nitrogen and oxygen atoms in total. The van der Waals surface area contributed by atoms with Gasteiger partial charge in [-0.1, -0.05) is 0 Å². The Morgan fingerprint density at radius 2 is 1.76 bits per heavy atom. The number of nitrogens with zero attached hydrogens (tertiary/aromatic N) is 5. The molecule has 0 radical (unpaired) electrons. The lowest BCUT2D eigenvalue weighted by molar-refractivity contribution is -0.137. The lowest BCUT2D eigenvalue weighted by Gasteiger charge is -2.09. The summed E-state index contributed by atoms with van der Waals surface area (Å²) >= 11 is 0. The SMILES string of the molecule is Cn1ncc(-c2nnc(-c3ccc(S(N)(=O)=O)cc3)o2)c1COc1ccc(C(F)(F)F)cn1. The molecule has 14 heteroatoms. The van der Waals surface area contributed by atoms with Crippen LogP contribution in [0.25, 0.3) is 22.9 Å². The minimum Gasteiger partial charge on any atom is -0.471 e. The van der Waals surface area contributed by atoms with Crippen LogP contribution in [-0.4, -0.2) is 33.4 Å². The number of benzene rings is 1. The number of aryl methyl sites for hydroxylation is 1. The highest BCUT2D eigenvalue weighted by Gasteiger charge is 2.30. The Morgan fingerprint density at radius 1 is 1.06 bits per heavy atom. The molecule has 3 aromatic heterocycles. The topological polar surface area (TPSA) is 139 Å². The molecule has 0 atom stereocenters. The van der Waals surface area contributed by atoms with Crippen LogP contribution in [0, 0.1) is 0 Å². The van der Waals surface area contributed by atoms with Gasteiger partial charge in [0.2, 0.25) is 21.8 Å². The van der Waals surface area contributed by atoms with Crippen LogP contribution in [0.4, 0.5) is 13.2 Å². The number of rotatable bonds is 6. The molecule has 0 aliphatic heterocycles. The third kappa shape index (κ3) is 4.85. The van der Waals surface area contributed by atoms with Gasteiger partial charge < -0.3 is 9.15 Å². The molecule has 172 valence electrons. The average molecular weight is 480 g/mol. The van der Waals surface area contributed by atoms with E-state index in [0.717, 1.165) is 12.1 Å². The van der Waals surface area contributed by atoms with Crippen molar-refractivity contribution in [1.29, 1.82) is 0 Å². The van der Waals surface area contributed by atoms with Gasteiger partial charge in [0.05, 0.1) is 27.9 Å². The summed E-state index contributed by atoms with van der Waals surface area (Å²) in [6.45, 7) is -0.0784. The Balaban J connectivity index is 1.53. The van der Waals surface area contributed by atoms with Crippen LogP contribution >= 0.6 is 0 Å². The minimum absolute atomic E-state index is 0.00341. The molecule has 33 heavy (non-hydrogen) atoms. The van der Waals surface area contributed by atoms with E-state index in [-0.39, 0.29) is 29.2 Å². The molecule has 4 aromatic rings. The predicted octanol–water partition coefficient (Wildman–Crippen LogP) is 2.78. The van der Waals surface area contributed by atoms with Crippen molar-refractivity contribution in [1.82, 2.24) is 25.0 Å². The van der Waals surface area contributed by atoms with E-state index in [1.165, 1.54) is 35.1 Å². The number of sulfonamides is 1. The van der Waals surface area contributed by atoms with Crippen LogP contribution in [0.2, 0.25) is 0 Å². The first kappa shape index (κ1) is 22.4. The van der Waals surface area contributed by atoms with Crippen molar-refractivity contribution in [3.63, 3.8) is 0 Å². The Bertz CT molecular complexity index is 1380. The summed E-state index contributed by atoms with van der Waals surface area (Å²) in [7, 11) is -2.19. The lowest BCUT2D eigenvalue weighted by atomic mass is 10.2. The number of ether oxygens (including phenoxy) is 1. The molecule has 0 saturated heterocycles. The Labute approximate surface area is 184 Å². The molecule has 0 aliphatic carbocycles. The van der Waals surface area contributed by atoms with Gasteiger partial charge in [0, 0.05) is 24.9 Å². The molecule has 2 N–H and O–H groups in total. The summed E-state index contributed by atoms with van der Waals surface area (Å²) in [6.07, 6.45) is -2.33. The van der Waals surface area contributed by atoms with Gasteiger partial charge in [-0.25, -0.2) is 18.5 Å². The highest BCUT2D eigenvalue weighted by Crippen LogP contribution is 2.30. The highest BCUT2D eigenvalue weighted by molar-refractivity contribution is 7.89. The molecular weight excluding hydrogens is 465 g/mol. The van der Waals surface area contributed by atoms with Gasteiger partial charge in [0.15, 0.2) is 0 Å². The van der Waals surface area contributed by atoms with Crippen molar-refractivity contribution >= 4 is 10.0 Å². The summed E-state index contributed by atoms with van der Waals surface area (Å²) in [6, 6.07) is 7.57. The Kier molecular flexibility index (Phi) is 5.63. The third-order valence-corrected chi connectivity index (χ3v) is 5.50. The van der Waals surface area contributed by atoms with Crippen LogP contribution in [0.1, 0.15) is 11.3 Å². The van der Waals surface area contributed by atoms with E-state index in [1.807, 2.05) is 0 Å². The maximum absolute atomic E-state index is 12.7. The standard InChI is InChI=1S/C19H15F3N6O4S/c1-28-15(10-31-16-7-4-12(8-24-16)19(20,21)22)14(9-25-28)18-27-26-17(32-18)11-2-5-13(6-3-11)33(23,29)30/h2-9H,10H2,1H3,(H2,23,29,30). The maximum Gasteiger partial charge on any atom is 0.417 e. The zero-order valence-electron chi connectivity index (χ0n) is 16.8. The summed E-state index contributed by atoms with van der Waals surface area (Å²) in [5.41, 5.74) is 0.545. The van der Waals surface area contributed by atoms with Gasteiger partial charge in [-0.05, 0) is 30.3 Å². The largest absolute Gasteiger partial charge is 0.471 e. The fraction of sp³-hybridized carbons (Fsp3) is 0.158. The normalized spacial score (nSPS) is 12.2. The molecule has 0 aliphatic rings. The van der Waals surface area contributed by atoms with Gasteiger partial charge in [-0.2, -0.15) is 18.3 Å². The molecule has 0 fully saturated rings. The molecule has 4 rings (SSSR count). The van der Waals surface area contributed by atoms with Gasteiger partial charge in [-0.15, -0.1) is 10.2 Å². The second kappa shape index (κ2) is 8.29. The number of halogens is 3. The molecular formula is C19H15F3N6O4S. The van der Waals surface area contributed by atoms with Crippen LogP contribution < -0.4 is 9.88 Å². The first-order valence-corrected chi connectivity index (χ1v) is 10.7. The van der Waals surface area contributed by atoms with Gasteiger partial charge >= 0.3 is 6.18 Å². The lowest BCUT2D eigenvalue weighted by Crippen LogP contribution is -2.11. The number of pyridine rings is 1. The molecule has 3 heterocycles. The summed E-state index contributed by atoms with van der Waals surface area (Å²) in [5, 5.41) is 17.2. The van der Waals surface area contributed by atoms with Crippen LogP contribution in [-0.2, 0) is 29.9 Å². The zero-order valence-corrected chi connectivity index (χ0v) is 17.6. The van der Waals surface area contributed by atoms with Crippen molar-refractivity contribution in [3.8, 4) is 28.8 Å². The van der Waals surface area contributed by atoms with Crippen LogP contribution in [0.3, 0.4) is 0 Å². The van der Waals surface area contributed by atoms with Crippen LogP contribution in [0.5, 0.6) is 5.88 Å². The van der Waals surface area contributed by atoms with Crippen molar-refractivity contribution < 1.29 is 30.7 Å². The average Bonchev–Trinajstić information content (AvgIpc) is 3.38. The molecule has 0 unspecified atom stereocenters. The van der Waals surface area contributed by atoms with Crippen molar-refractivity contribution in [2.24, 2.45) is 12.2 Å². The molecule has 0 bridgehead atoms. The van der Waals surface area contributed by atoms with E-state index in [2.05, 4.69) is 20.3 Å². The Morgan fingerprint density at radius 3 is 2.36 bits per heavy atom. The van der Waals surface area contributed by atoms with Crippen molar-refractivity contribution in [3.05, 3.63) is 60.0 Å². The second-order valence-corrected chi connectivity index (χ2v) is 8.34. The van der Waals surface area contributed by atoms with E-state index < -0.39 is 21.8 Å². The van der Waals surface area contributed by atoms with Crippen molar-refractivity contribution in [2.75, 3.05) is 0 Å². The summed E-state index contributed by atoms with van der Waals surface area (Å²) < 4.78 is 73.5. The van der Waals surface area contributed by atoms with Crippen molar-refractivity contribution in [2.45, 2.75) is 17.7 Å². The first-order chi connectivity index (χ1) is 15.5. The fourth-order valence-electron chi connectivity index (χ4n) is 2.82. The van der Waals surface area contributed by atoms with Gasteiger partial charge in [-0.3, -0.25) is 4.68 Å². The van der Waals surface area contributed by atoms with E-state index >= 15 is 0 Å². The predicted molar refractivity (Wildman–Crippen MR) is 107 cm³/mol. The number of nitrogens with two attached hydrogens (primary N) is 1. The third-order valence-electron chi connectivity index (χ3n) is 4.57. The monoisotopic (exact) mass is 480 g/mol. The fourth-order valence-corrected chi connectivity index (χ4v) is 3.34. The van der Waals surface area contributed by atoms with E-state index in [4.69, 9.17) is 14.3 Å². The zero-order chi connectivity index (χ0) is 23.8.